The Morgan fingerprint density at radius 1 is 1.10 bits per heavy atom. The lowest BCUT2D eigenvalue weighted by Gasteiger charge is -2.34. The van der Waals surface area contributed by atoms with Gasteiger partial charge in [0.25, 0.3) is 5.91 Å². The van der Waals surface area contributed by atoms with E-state index in [9.17, 15) is 14.3 Å². The molecular weight excluding hydrogens is 395 g/mol. The fourth-order valence-electron chi connectivity index (χ4n) is 5.09. The standard InChI is InChI=1S/C25H27FN2O3/c26-18-7-9-22-21(13-18)23(25(30)27-22)24-20-8-6-16(12-17(20)15-31-24)14-28(10-11-29)19-4-2-1-3-5-19/h6-9,12-13,19,29H,1-5,10-11,14-15H2,(H,27,30). The second kappa shape index (κ2) is 8.44. The lowest BCUT2D eigenvalue weighted by Crippen LogP contribution is -2.38. The molecule has 31 heavy (non-hydrogen) atoms. The Balaban J connectivity index is 1.43. The van der Waals surface area contributed by atoms with Gasteiger partial charge in [0.2, 0.25) is 0 Å². The highest BCUT2D eigenvalue weighted by molar-refractivity contribution is 6.36. The Hall–Kier alpha value is -2.70. The summed E-state index contributed by atoms with van der Waals surface area (Å²) in [6, 6.07) is 11.0. The molecule has 0 bridgehead atoms. The van der Waals surface area contributed by atoms with E-state index in [0.717, 1.165) is 17.7 Å². The number of aliphatic hydroxyl groups excluding tert-OH is 1. The van der Waals surface area contributed by atoms with Crippen molar-refractivity contribution in [2.75, 3.05) is 18.5 Å². The Kier molecular flexibility index (Phi) is 5.50. The summed E-state index contributed by atoms with van der Waals surface area (Å²) in [6.45, 7) is 2.02. The third-order valence-corrected chi connectivity index (χ3v) is 6.60. The summed E-state index contributed by atoms with van der Waals surface area (Å²) in [5, 5.41) is 12.3. The van der Waals surface area contributed by atoms with E-state index in [1.807, 2.05) is 6.07 Å². The number of hydrogen-bond acceptors (Lipinski definition) is 4. The molecule has 1 amide bonds. The molecule has 3 aliphatic rings. The Bertz CT molecular complexity index is 1040. The minimum Gasteiger partial charge on any atom is -0.487 e. The molecule has 162 valence electrons. The zero-order valence-electron chi connectivity index (χ0n) is 17.5. The second-order valence-corrected chi connectivity index (χ2v) is 8.61. The third kappa shape index (κ3) is 3.86. The van der Waals surface area contributed by atoms with Gasteiger partial charge in [0.05, 0.1) is 12.2 Å². The van der Waals surface area contributed by atoms with Crippen LogP contribution in [0, 0.1) is 5.82 Å². The van der Waals surface area contributed by atoms with Crippen molar-refractivity contribution < 1.29 is 19.0 Å². The number of nitrogens with one attached hydrogen (secondary N) is 1. The maximum absolute atomic E-state index is 13.8. The highest BCUT2D eigenvalue weighted by Crippen LogP contribution is 2.42. The fourth-order valence-corrected chi connectivity index (χ4v) is 5.09. The largest absolute Gasteiger partial charge is 0.487 e. The van der Waals surface area contributed by atoms with Crippen molar-refractivity contribution in [3.05, 3.63) is 64.5 Å². The summed E-state index contributed by atoms with van der Waals surface area (Å²) < 4.78 is 19.8. The molecule has 0 saturated heterocycles. The average Bonchev–Trinajstić information content (AvgIpc) is 3.33. The predicted molar refractivity (Wildman–Crippen MR) is 117 cm³/mol. The summed E-state index contributed by atoms with van der Waals surface area (Å²) in [5.41, 5.74) is 4.64. The number of rotatable bonds is 5. The minimum atomic E-state index is -0.381. The number of hydrogen-bond donors (Lipinski definition) is 2. The van der Waals surface area contributed by atoms with E-state index in [2.05, 4.69) is 22.3 Å². The normalized spacial score (nSPS) is 20.5. The first-order valence-electron chi connectivity index (χ1n) is 11.1. The fraction of sp³-hybridized carbons (Fsp3) is 0.400. The molecule has 2 aliphatic heterocycles. The van der Waals surface area contributed by atoms with Crippen molar-refractivity contribution in [1.29, 1.82) is 0 Å². The van der Waals surface area contributed by atoms with E-state index in [4.69, 9.17) is 4.74 Å². The maximum Gasteiger partial charge on any atom is 0.260 e. The van der Waals surface area contributed by atoms with Gasteiger partial charge in [-0.15, -0.1) is 0 Å². The molecule has 2 aromatic rings. The lowest BCUT2D eigenvalue weighted by atomic mass is 9.93. The first-order chi connectivity index (χ1) is 15.1. The SMILES string of the molecule is O=C1Nc2ccc(F)cc2C1=C1OCc2cc(CN(CCO)C3CCCCC3)ccc21. The van der Waals surface area contributed by atoms with Gasteiger partial charge in [-0.05, 0) is 36.6 Å². The second-order valence-electron chi connectivity index (χ2n) is 8.61. The van der Waals surface area contributed by atoms with Crippen LogP contribution in [0.2, 0.25) is 0 Å². The van der Waals surface area contributed by atoms with Crippen LogP contribution in [0.15, 0.2) is 36.4 Å². The summed E-state index contributed by atoms with van der Waals surface area (Å²) in [7, 11) is 0. The average molecular weight is 423 g/mol. The molecular formula is C25H27FN2O3. The van der Waals surface area contributed by atoms with Gasteiger partial charge >= 0.3 is 0 Å². The van der Waals surface area contributed by atoms with Gasteiger partial charge < -0.3 is 15.2 Å². The number of ether oxygens (including phenoxy) is 1. The molecule has 6 heteroatoms. The van der Waals surface area contributed by atoms with Crippen LogP contribution in [-0.4, -0.2) is 35.1 Å². The number of benzene rings is 2. The van der Waals surface area contributed by atoms with Gasteiger partial charge in [-0.1, -0.05) is 37.5 Å². The number of nitrogens with zero attached hydrogens (tertiary/aromatic N) is 1. The molecule has 5 nitrogen and oxygen atoms in total. The number of carbonyl (C=O) groups excluding carboxylic acids is 1. The summed E-state index contributed by atoms with van der Waals surface area (Å²) in [6.07, 6.45) is 6.19. The molecule has 1 fully saturated rings. The van der Waals surface area contributed by atoms with Gasteiger partial charge in [-0.2, -0.15) is 0 Å². The van der Waals surface area contributed by atoms with Gasteiger partial charge in [0, 0.05) is 41.5 Å². The van der Waals surface area contributed by atoms with Crippen LogP contribution in [0.1, 0.15) is 54.4 Å². The number of carbonyl (C=O) groups is 1. The zero-order valence-corrected chi connectivity index (χ0v) is 17.5. The molecule has 0 atom stereocenters. The van der Waals surface area contributed by atoms with Crippen LogP contribution in [0.5, 0.6) is 0 Å². The maximum atomic E-state index is 13.8. The van der Waals surface area contributed by atoms with Crippen molar-refractivity contribution in [3.63, 3.8) is 0 Å². The highest BCUT2D eigenvalue weighted by atomic mass is 19.1. The number of fused-ring (bicyclic) bond motifs is 2. The van der Waals surface area contributed by atoms with Gasteiger partial charge in [-0.3, -0.25) is 9.69 Å². The smallest absolute Gasteiger partial charge is 0.260 e. The quantitative estimate of drug-likeness (QED) is 0.705. The molecule has 1 aliphatic carbocycles. The van der Waals surface area contributed by atoms with Crippen LogP contribution in [-0.2, 0) is 22.7 Å². The van der Waals surface area contributed by atoms with Gasteiger partial charge in [0.1, 0.15) is 18.2 Å². The van der Waals surface area contributed by atoms with Crippen molar-refractivity contribution in [3.8, 4) is 0 Å². The van der Waals surface area contributed by atoms with E-state index < -0.39 is 0 Å². The van der Waals surface area contributed by atoms with E-state index in [1.165, 1.54) is 49.8 Å². The Labute approximate surface area is 181 Å². The van der Waals surface area contributed by atoms with E-state index >= 15 is 0 Å². The number of aliphatic hydroxyl groups is 1. The van der Waals surface area contributed by atoms with Gasteiger partial charge in [-0.25, -0.2) is 4.39 Å². The van der Waals surface area contributed by atoms with E-state index in [-0.39, 0.29) is 18.3 Å². The molecule has 2 aromatic carbocycles. The van der Waals surface area contributed by atoms with Gasteiger partial charge in [0.15, 0.2) is 0 Å². The monoisotopic (exact) mass is 422 g/mol. The van der Waals surface area contributed by atoms with Crippen LogP contribution in [0.4, 0.5) is 10.1 Å². The van der Waals surface area contributed by atoms with Crippen molar-refractivity contribution in [2.24, 2.45) is 0 Å². The number of anilines is 1. The molecule has 0 spiro atoms. The third-order valence-electron chi connectivity index (χ3n) is 6.60. The summed E-state index contributed by atoms with van der Waals surface area (Å²) >= 11 is 0. The van der Waals surface area contributed by atoms with Crippen molar-refractivity contribution in [1.82, 2.24) is 4.90 Å². The topological polar surface area (TPSA) is 61.8 Å². The highest BCUT2D eigenvalue weighted by Gasteiger charge is 2.33. The molecule has 2 N–H and O–H groups in total. The minimum absolute atomic E-state index is 0.159. The Morgan fingerprint density at radius 3 is 2.74 bits per heavy atom. The summed E-state index contributed by atoms with van der Waals surface area (Å²) in [4.78, 5) is 15.0. The molecule has 5 rings (SSSR count). The lowest BCUT2D eigenvalue weighted by molar-refractivity contribution is -0.110. The van der Waals surface area contributed by atoms with E-state index in [0.29, 0.717) is 41.8 Å². The Morgan fingerprint density at radius 2 is 1.94 bits per heavy atom. The van der Waals surface area contributed by atoms with E-state index in [1.54, 1.807) is 6.07 Å². The first-order valence-corrected chi connectivity index (χ1v) is 11.1. The first kappa shape index (κ1) is 20.2. The van der Waals surface area contributed by atoms with Crippen molar-refractivity contribution >= 4 is 22.9 Å². The predicted octanol–water partition coefficient (Wildman–Crippen LogP) is 4.30. The zero-order chi connectivity index (χ0) is 21.4. The number of amides is 1. The van der Waals surface area contributed by atoms with Crippen LogP contribution < -0.4 is 5.32 Å². The number of halogens is 1. The van der Waals surface area contributed by atoms with Crippen LogP contribution in [0.3, 0.4) is 0 Å². The van der Waals surface area contributed by atoms with Crippen LogP contribution >= 0.6 is 0 Å². The molecule has 0 radical (unpaired) electrons. The molecule has 2 heterocycles. The summed E-state index contributed by atoms with van der Waals surface area (Å²) in [5.74, 6) is -0.129. The van der Waals surface area contributed by atoms with Crippen LogP contribution in [0.25, 0.3) is 11.3 Å². The molecule has 0 aromatic heterocycles. The molecule has 1 saturated carbocycles. The van der Waals surface area contributed by atoms with Crippen molar-refractivity contribution in [2.45, 2.75) is 51.3 Å². The molecule has 0 unspecified atom stereocenters.